The zero-order chi connectivity index (χ0) is 15.6. The maximum atomic E-state index is 13.5. The van der Waals surface area contributed by atoms with Crippen molar-refractivity contribution in [1.29, 1.82) is 0 Å². The number of halogens is 1. The largest absolute Gasteiger partial charge is 0.355 e. The second-order valence-electron chi connectivity index (χ2n) is 4.45. The second-order valence-corrected chi connectivity index (χ2v) is 6.13. The number of carbonyl (C=O) groups is 1. The van der Waals surface area contributed by atoms with Crippen molar-refractivity contribution in [2.24, 2.45) is 0 Å². The fraction of sp³-hybridized carbons (Fsp3) is 0.364. The third-order valence-electron chi connectivity index (χ3n) is 3.00. The van der Waals surface area contributed by atoms with E-state index < -0.39 is 43.3 Å². The van der Waals surface area contributed by atoms with Crippen LogP contribution in [0.1, 0.15) is 12.8 Å². The van der Waals surface area contributed by atoms with Crippen LogP contribution < -0.4 is 10.0 Å². The van der Waals surface area contributed by atoms with Gasteiger partial charge in [-0.05, 0) is 25.0 Å². The van der Waals surface area contributed by atoms with Crippen molar-refractivity contribution < 1.29 is 22.5 Å². The Morgan fingerprint density at radius 3 is 2.76 bits per heavy atom. The molecule has 114 valence electrons. The van der Waals surface area contributed by atoms with E-state index in [1.807, 2.05) is 0 Å². The van der Waals surface area contributed by atoms with E-state index in [1.54, 1.807) is 0 Å². The van der Waals surface area contributed by atoms with E-state index in [2.05, 4.69) is 10.0 Å². The molecule has 1 heterocycles. The van der Waals surface area contributed by atoms with Gasteiger partial charge in [-0.25, -0.2) is 8.42 Å². The van der Waals surface area contributed by atoms with Crippen LogP contribution in [0, 0.1) is 15.9 Å². The summed E-state index contributed by atoms with van der Waals surface area (Å²) < 4.78 is 39.9. The summed E-state index contributed by atoms with van der Waals surface area (Å²) in [7, 11) is -4.38. The predicted molar refractivity (Wildman–Crippen MR) is 69.4 cm³/mol. The minimum absolute atomic E-state index is 0.272. The lowest BCUT2D eigenvalue weighted by atomic mass is 10.1. The molecule has 0 radical (unpaired) electrons. The monoisotopic (exact) mass is 317 g/mol. The number of nitrogens with one attached hydrogen (secondary N) is 2. The number of hydrogen-bond acceptors (Lipinski definition) is 5. The molecule has 2 rings (SSSR count). The normalized spacial score (nSPS) is 19.1. The highest BCUT2D eigenvalue weighted by molar-refractivity contribution is 7.89. The first kappa shape index (κ1) is 15.3. The lowest BCUT2D eigenvalue weighted by Crippen LogP contribution is -2.50. The summed E-state index contributed by atoms with van der Waals surface area (Å²) in [5.41, 5.74) is -1.14. The van der Waals surface area contributed by atoms with Crippen LogP contribution in [0.3, 0.4) is 0 Å². The van der Waals surface area contributed by atoms with E-state index >= 15 is 0 Å². The molecule has 0 aromatic heterocycles. The standard InChI is InChI=1S/C11H12FN3O5S/c12-7-3-1-5-9(10(7)15(17)18)21(19,20)14-8-4-2-6-13-11(8)16/h1,3,5,8,14H,2,4,6H2,(H,13,16). The number of para-hydroxylation sites is 1. The van der Waals surface area contributed by atoms with E-state index in [0.717, 1.165) is 18.2 Å². The third-order valence-corrected chi connectivity index (χ3v) is 4.51. The number of nitro benzene ring substituents is 1. The molecular formula is C11H12FN3O5S. The van der Waals surface area contributed by atoms with Gasteiger partial charge in [0.25, 0.3) is 0 Å². The molecule has 10 heteroatoms. The van der Waals surface area contributed by atoms with Crippen molar-refractivity contribution in [3.63, 3.8) is 0 Å². The average molecular weight is 317 g/mol. The molecule has 1 aliphatic rings. The lowest BCUT2D eigenvalue weighted by Gasteiger charge is -2.22. The Balaban J connectivity index is 2.38. The number of nitrogens with zero attached hydrogens (tertiary/aromatic N) is 1. The Morgan fingerprint density at radius 2 is 2.14 bits per heavy atom. The summed E-state index contributed by atoms with van der Waals surface area (Å²) in [4.78, 5) is 20.5. The number of rotatable bonds is 4. The second kappa shape index (κ2) is 5.74. The predicted octanol–water partition coefficient (Wildman–Crippen LogP) is 0.291. The number of amides is 1. The molecular weight excluding hydrogens is 305 g/mol. The number of carbonyl (C=O) groups excluding carboxylic acids is 1. The van der Waals surface area contributed by atoms with Crippen molar-refractivity contribution in [2.75, 3.05) is 6.54 Å². The Morgan fingerprint density at radius 1 is 1.43 bits per heavy atom. The van der Waals surface area contributed by atoms with Crippen LogP contribution in [0.5, 0.6) is 0 Å². The molecule has 1 atom stereocenters. The topological polar surface area (TPSA) is 118 Å². The van der Waals surface area contributed by atoms with Crippen LogP contribution in [0.15, 0.2) is 23.1 Å². The Hall–Kier alpha value is -2.07. The van der Waals surface area contributed by atoms with E-state index in [1.165, 1.54) is 0 Å². The highest BCUT2D eigenvalue weighted by Gasteiger charge is 2.33. The first-order valence-electron chi connectivity index (χ1n) is 6.06. The zero-order valence-electron chi connectivity index (χ0n) is 10.7. The van der Waals surface area contributed by atoms with E-state index in [9.17, 15) is 27.7 Å². The minimum Gasteiger partial charge on any atom is -0.355 e. The summed E-state index contributed by atoms with van der Waals surface area (Å²) >= 11 is 0. The Bertz CT molecular complexity index is 691. The van der Waals surface area contributed by atoms with Gasteiger partial charge >= 0.3 is 5.69 Å². The van der Waals surface area contributed by atoms with Gasteiger partial charge in [0.15, 0.2) is 4.90 Å². The van der Waals surface area contributed by atoms with Crippen LogP contribution in [-0.2, 0) is 14.8 Å². The lowest BCUT2D eigenvalue weighted by molar-refractivity contribution is -0.390. The number of hydrogen-bond donors (Lipinski definition) is 2. The summed E-state index contributed by atoms with van der Waals surface area (Å²) in [5.74, 6) is -1.76. The molecule has 1 saturated heterocycles. The highest BCUT2D eigenvalue weighted by Crippen LogP contribution is 2.26. The Kier molecular flexibility index (Phi) is 4.19. The van der Waals surface area contributed by atoms with Gasteiger partial charge in [0.1, 0.15) is 6.04 Å². The summed E-state index contributed by atoms with van der Waals surface area (Å²) in [5, 5.41) is 13.3. The quantitative estimate of drug-likeness (QED) is 0.611. The van der Waals surface area contributed by atoms with Crippen molar-refractivity contribution in [1.82, 2.24) is 10.0 Å². The van der Waals surface area contributed by atoms with Crippen molar-refractivity contribution in [2.45, 2.75) is 23.8 Å². The molecule has 0 saturated carbocycles. The van der Waals surface area contributed by atoms with Crippen LogP contribution in [-0.4, -0.2) is 31.8 Å². The third kappa shape index (κ3) is 3.16. The number of sulfonamides is 1. The number of nitro groups is 1. The van der Waals surface area contributed by atoms with Gasteiger partial charge in [-0.2, -0.15) is 9.11 Å². The van der Waals surface area contributed by atoms with E-state index in [0.29, 0.717) is 13.0 Å². The molecule has 21 heavy (non-hydrogen) atoms. The molecule has 8 nitrogen and oxygen atoms in total. The maximum absolute atomic E-state index is 13.5. The van der Waals surface area contributed by atoms with Gasteiger partial charge in [0.2, 0.25) is 21.7 Å². The van der Waals surface area contributed by atoms with Gasteiger partial charge in [-0.3, -0.25) is 14.9 Å². The van der Waals surface area contributed by atoms with Crippen LogP contribution in [0.4, 0.5) is 10.1 Å². The van der Waals surface area contributed by atoms with Gasteiger partial charge in [0, 0.05) is 6.54 Å². The fourth-order valence-corrected chi connectivity index (χ4v) is 3.44. The van der Waals surface area contributed by atoms with Crippen LogP contribution >= 0.6 is 0 Å². The molecule has 0 spiro atoms. The molecule has 0 bridgehead atoms. The fourth-order valence-electron chi connectivity index (χ4n) is 2.02. The molecule has 1 aliphatic heterocycles. The van der Waals surface area contributed by atoms with Gasteiger partial charge in [-0.15, -0.1) is 0 Å². The average Bonchev–Trinajstić information content (AvgIpc) is 2.40. The van der Waals surface area contributed by atoms with Gasteiger partial charge in [-0.1, -0.05) is 6.07 Å². The van der Waals surface area contributed by atoms with Gasteiger partial charge < -0.3 is 5.32 Å². The highest BCUT2D eigenvalue weighted by atomic mass is 32.2. The van der Waals surface area contributed by atoms with Crippen molar-refractivity contribution >= 4 is 21.6 Å². The van der Waals surface area contributed by atoms with E-state index in [-0.39, 0.29) is 6.42 Å². The zero-order valence-corrected chi connectivity index (χ0v) is 11.5. The first-order chi connectivity index (χ1) is 9.83. The van der Waals surface area contributed by atoms with Crippen LogP contribution in [0.25, 0.3) is 0 Å². The number of piperidine rings is 1. The van der Waals surface area contributed by atoms with Crippen LogP contribution in [0.2, 0.25) is 0 Å². The van der Waals surface area contributed by atoms with Crippen molar-refractivity contribution in [3.05, 3.63) is 34.1 Å². The molecule has 1 amide bonds. The molecule has 1 unspecified atom stereocenters. The summed E-state index contributed by atoms with van der Waals surface area (Å²) in [6.45, 7) is 0.442. The smallest absolute Gasteiger partial charge is 0.324 e. The minimum atomic E-state index is -4.38. The Labute approximate surface area is 119 Å². The molecule has 1 fully saturated rings. The number of benzene rings is 1. The maximum Gasteiger partial charge on any atom is 0.324 e. The van der Waals surface area contributed by atoms with Gasteiger partial charge in [0.05, 0.1) is 4.92 Å². The summed E-state index contributed by atoms with van der Waals surface area (Å²) in [6, 6.07) is 1.75. The molecule has 1 aromatic carbocycles. The SMILES string of the molecule is O=C1NCCCC1NS(=O)(=O)c1cccc(F)c1[N+](=O)[O-]. The molecule has 0 aliphatic carbocycles. The summed E-state index contributed by atoms with van der Waals surface area (Å²) in [6.07, 6.45) is 0.846. The molecule has 2 N–H and O–H groups in total. The van der Waals surface area contributed by atoms with Crippen molar-refractivity contribution in [3.8, 4) is 0 Å². The first-order valence-corrected chi connectivity index (χ1v) is 7.54. The molecule has 1 aromatic rings. The van der Waals surface area contributed by atoms with E-state index in [4.69, 9.17) is 0 Å².